The quantitative estimate of drug-likeness (QED) is 0.802. The molecule has 2 rings (SSSR count). The molecule has 0 spiro atoms. The maximum absolute atomic E-state index is 11.0. The minimum Gasteiger partial charge on any atom is -0.485 e. The molecule has 2 N–H and O–H groups in total. The number of ether oxygens (including phenoxy) is 1. The summed E-state index contributed by atoms with van der Waals surface area (Å²) >= 11 is 0. The number of nitriles is 1. The van der Waals surface area contributed by atoms with Crippen LogP contribution in [0.25, 0.3) is 0 Å². The minimum absolute atomic E-state index is 0.281. The smallest absolute Gasteiger partial charge is 0.470 e. The Morgan fingerprint density at radius 2 is 2.21 bits per heavy atom. The van der Waals surface area contributed by atoms with Crippen LogP contribution < -0.4 is 4.74 Å². The number of phosphoric ester groups is 1. The Balaban J connectivity index is 2.35. The second-order valence-corrected chi connectivity index (χ2v) is 6.12. The molecule has 0 saturated heterocycles. The van der Waals surface area contributed by atoms with Crippen LogP contribution in [0.4, 0.5) is 0 Å². The molecule has 1 atom stereocenters. The van der Waals surface area contributed by atoms with Crippen LogP contribution in [0.5, 0.6) is 5.75 Å². The first-order chi connectivity index (χ1) is 8.71. The van der Waals surface area contributed by atoms with Crippen molar-refractivity contribution in [3.8, 4) is 11.8 Å². The SMILES string of the molecule is CC1(C)Oc2ccc(C#N)cc2CC1OP(=O)(O)O. The Kier molecular flexibility index (Phi) is 3.41. The van der Waals surface area contributed by atoms with Crippen molar-refractivity contribution in [1.82, 2.24) is 0 Å². The molecule has 102 valence electrons. The summed E-state index contributed by atoms with van der Waals surface area (Å²) in [6.07, 6.45) is -0.502. The average molecular weight is 283 g/mol. The van der Waals surface area contributed by atoms with Crippen molar-refractivity contribution in [2.75, 3.05) is 0 Å². The van der Waals surface area contributed by atoms with Crippen molar-refractivity contribution in [3.05, 3.63) is 29.3 Å². The lowest BCUT2D eigenvalue weighted by Crippen LogP contribution is -2.47. The summed E-state index contributed by atoms with van der Waals surface area (Å²) < 4.78 is 21.5. The van der Waals surface area contributed by atoms with Gasteiger partial charge in [0, 0.05) is 6.42 Å². The Bertz CT molecular complexity index is 586. The molecule has 0 aromatic heterocycles. The average Bonchev–Trinajstić information content (AvgIpc) is 2.27. The Morgan fingerprint density at radius 1 is 1.53 bits per heavy atom. The van der Waals surface area contributed by atoms with Gasteiger partial charge in [0.25, 0.3) is 0 Å². The van der Waals surface area contributed by atoms with Crippen LogP contribution in [0.15, 0.2) is 18.2 Å². The largest absolute Gasteiger partial charge is 0.485 e. The number of hydrogen-bond donors (Lipinski definition) is 2. The molecule has 1 aromatic carbocycles. The molecule has 0 radical (unpaired) electrons. The highest BCUT2D eigenvalue weighted by atomic mass is 31.2. The molecule has 0 amide bonds. The van der Waals surface area contributed by atoms with Crippen molar-refractivity contribution in [3.63, 3.8) is 0 Å². The second kappa shape index (κ2) is 4.62. The van der Waals surface area contributed by atoms with E-state index in [-0.39, 0.29) is 6.42 Å². The van der Waals surface area contributed by atoms with E-state index in [1.807, 2.05) is 6.07 Å². The molecule has 0 aliphatic carbocycles. The van der Waals surface area contributed by atoms with Crippen molar-refractivity contribution in [2.24, 2.45) is 0 Å². The fourth-order valence-electron chi connectivity index (χ4n) is 2.03. The van der Waals surface area contributed by atoms with Crippen molar-refractivity contribution in [2.45, 2.75) is 32.0 Å². The van der Waals surface area contributed by atoms with Gasteiger partial charge in [-0.1, -0.05) is 0 Å². The van der Waals surface area contributed by atoms with E-state index >= 15 is 0 Å². The predicted molar refractivity (Wildman–Crippen MR) is 66.5 cm³/mol. The summed E-state index contributed by atoms with van der Waals surface area (Å²) in [6.45, 7) is 3.41. The third-order valence-corrected chi connectivity index (χ3v) is 3.54. The van der Waals surface area contributed by atoms with Crippen LogP contribution in [0, 0.1) is 11.3 Å². The normalized spacial score (nSPS) is 21.1. The molecule has 6 nitrogen and oxygen atoms in total. The van der Waals surface area contributed by atoms with Crippen molar-refractivity contribution >= 4 is 7.82 Å². The Labute approximate surface area is 110 Å². The first-order valence-electron chi connectivity index (χ1n) is 5.67. The third-order valence-electron chi connectivity index (χ3n) is 3.01. The van der Waals surface area contributed by atoms with Gasteiger partial charge in [0.2, 0.25) is 0 Å². The molecule has 1 aliphatic heterocycles. The summed E-state index contributed by atoms with van der Waals surface area (Å²) in [7, 11) is -4.59. The topological polar surface area (TPSA) is 99.8 Å². The van der Waals surface area contributed by atoms with Gasteiger partial charge >= 0.3 is 7.82 Å². The zero-order valence-corrected chi connectivity index (χ0v) is 11.4. The van der Waals surface area contributed by atoms with Gasteiger partial charge in [0.05, 0.1) is 11.6 Å². The maximum atomic E-state index is 11.0. The summed E-state index contributed by atoms with van der Waals surface area (Å²) in [5.41, 5.74) is 0.316. The molecule has 1 aromatic rings. The Morgan fingerprint density at radius 3 is 2.79 bits per heavy atom. The molecular formula is C12H14NO5P. The zero-order valence-electron chi connectivity index (χ0n) is 10.5. The molecule has 0 saturated carbocycles. The van der Waals surface area contributed by atoms with Crippen molar-refractivity contribution in [1.29, 1.82) is 5.26 Å². The van der Waals surface area contributed by atoms with Gasteiger partial charge in [0.1, 0.15) is 17.5 Å². The number of benzene rings is 1. The number of phosphoric acid groups is 1. The zero-order chi connectivity index (χ0) is 14.3. The third kappa shape index (κ3) is 3.14. The van der Waals surface area contributed by atoms with E-state index in [0.29, 0.717) is 16.9 Å². The lowest BCUT2D eigenvalue weighted by molar-refractivity contribution is -0.0391. The second-order valence-electron chi connectivity index (χ2n) is 4.93. The van der Waals surface area contributed by atoms with E-state index in [2.05, 4.69) is 0 Å². The first kappa shape index (κ1) is 14.0. The molecule has 1 aliphatic rings. The van der Waals surface area contributed by atoms with Crippen molar-refractivity contribution < 1.29 is 23.6 Å². The van der Waals surface area contributed by atoms with E-state index < -0.39 is 19.5 Å². The van der Waals surface area contributed by atoms with Gasteiger partial charge in [-0.15, -0.1) is 0 Å². The van der Waals surface area contributed by atoms with Gasteiger partial charge in [-0.2, -0.15) is 5.26 Å². The maximum Gasteiger partial charge on any atom is 0.470 e. The van der Waals surface area contributed by atoms with E-state index in [1.54, 1.807) is 32.0 Å². The van der Waals surface area contributed by atoms with Crippen LogP contribution in [0.1, 0.15) is 25.0 Å². The monoisotopic (exact) mass is 283 g/mol. The molecule has 19 heavy (non-hydrogen) atoms. The highest BCUT2D eigenvalue weighted by Crippen LogP contribution is 2.44. The molecule has 0 fully saturated rings. The lowest BCUT2D eigenvalue weighted by atomic mass is 9.90. The van der Waals surface area contributed by atoms with Gasteiger partial charge in [-0.05, 0) is 37.6 Å². The standard InChI is InChI=1S/C12H14NO5P/c1-12(2)11(18-19(14,15)16)6-9-5-8(7-13)3-4-10(9)17-12/h3-5,11H,6H2,1-2H3,(H2,14,15,16). The van der Waals surface area contributed by atoms with E-state index in [0.717, 1.165) is 0 Å². The van der Waals surface area contributed by atoms with Crippen LogP contribution >= 0.6 is 7.82 Å². The number of hydrogen-bond acceptors (Lipinski definition) is 4. The highest BCUT2D eigenvalue weighted by Gasteiger charge is 2.41. The van der Waals surface area contributed by atoms with E-state index in [9.17, 15) is 4.57 Å². The minimum atomic E-state index is -4.59. The number of rotatable bonds is 2. The van der Waals surface area contributed by atoms with Gasteiger partial charge < -0.3 is 14.5 Å². The van der Waals surface area contributed by atoms with Crippen LogP contribution in [0.3, 0.4) is 0 Å². The predicted octanol–water partition coefficient (Wildman–Crippen LogP) is 1.75. The fraction of sp³-hybridized carbons (Fsp3) is 0.417. The van der Waals surface area contributed by atoms with Gasteiger partial charge in [-0.3, -0.25) is 4.52 Å². The highest BCUT2D eigenvalue weighted by molar-refractivity contribution is 7.46. The molecular weight excluding hydrogens is 269 g/mol. The number of fused-ring (bicyclic) bond motifs is 1. The Hall–Kier alpha value is -1.38. The fourth-order valence-corrected chi connectivity index (χ4v) is 2.69. The summed E-state index contributed by atoms with van der Waals surface area (Å²) in [6, 6.07) is 6.97. The number of nitrogens with zero attached hydrogens (tertiary/aromatic N) is 1. The molecule has 7 heteroatoms. The summed E-state index contributed by atoms with van der Waals surface area (Å²) in [5, 5.41) is 8.85. The molecule has 1 unspecified atom stereocenters. The molecule has 1 heterocycles. The van der Waals surface area contributed by atoms with Crippen LogP contribution in [-0.4, -0.2) is 21.5 Å². The van der Waals surface area contributed by atoms with Gasteiger partial charge in [-0.25, -0.2) is 4.57 Å². The lowest BCUT2D eigenvalue weighted by Gasteiger charge is -2.39. The van der Waals surface area contributed by atoms with E-state index in [1.165, 1.54) is 0 Å². The van der Waals surface area contributed by atoms with E-state index in [4.69, 9.17) is 24.3 Å². The summed E-state index contributed by atoms with van der Waals surface area (Å²) in [5.74, 6) is 0.606. The van der Waals surface area contributed by atoms with Crippen LogP contribution in [-0.2, 0) is 15.5 Å². The van der Waals surface area contributed by atoms with Crippen LogP contribution in [0.2, 0.25) is 0 Å². The molecule has 0 bridgehead atoms. The summed E-state index contributed by atoms with van der Waals surface area (Å²) in [4.78, 5) is 17.9. The first-order valence-corrected chi connectivity index (χ1v) is 7.20. The van der Waals surface area contributed by atoms with Gasteiger partial charge in [0.15, 0.2) is 0 Å².